The first kappa shape index (κ1) is 24.7. The van der Waals surface area contributed by atoms with Gasteiger partial charge in [-0.2, -0.15) is 0 Å². The molecule has 182 valence electrons. The highest BCUT2D eigenvalue weighted by atomic mass is 32.2. The van der Waals surface area contributed by atoms with Gasteiger partial charge in [-0.1, -0.05) is 49.9 Å². The highest BCUT2D eigenvalue weighted by Crippen LogP contribution is 2.39. The van der Waals surface area contributed by atoms with E-state index in [0.717, 1.165) is 27.9 Å². The van der Waals surface area contributed by atoms with Crippen LogP contribution in [-0.4, -0.2) is 36.1 Å². The molecule has 0 N–H and O–H groups in total. The number of rotatable bonds is 10. The fraction of sp³-hybridized carbons (Fsp3) is 0.250. The van der Waals surface area contributed by atoms with Crippen LogP contribution < -0.4 is 14.2 Å². The quantitative estimate of drug-likeness (QED) is 0.186. The molecule has 0 amide bonds. The number of nitrogens with zero attached hydrogens (tertiary/aromatic N) is 2. The molecule has 4 aromatic rings. The molecule has 4 rings (SSSR count). The maximum absolute atomic E-state index is 13.7. The van der Waals surface area contributed by atoms with Crippen molar-refractivity contribution in [3.63, 3.8) is 0 Å². The minimum absolute atomic E-state index is 0.278. The average molecular weight is 493 g/mol. The molecule has 0 bridgehead atoms. The van der Waals surface area contributed by atoms with Crippen molar-refractivity contribution in [2.45, 2.75) is 24.4 Å². The number of hydrogen-bond donors (Lipinski definition) is 0. The van der Waals surface area contributed by atoms with E-state index in [1.54, 1.807) is 38.1 Å². The molecule has 1 heterocycles. The first-order valence-electron chi connectivity index (χ1n) is 11.3. The third kappa shape index (κ3) is 5.46. The zero-order valence-electron chi connectivity index (χ0n) is 20.3. The molecule has 0 fully saturated rings. The van der Waals surface area contributed by atoms with Gasteiger partial charge in [0.25, 0.3) is 0 Å². The maximum atomic E-state index is 13.7. The SMILES string of the molecule is COc1ccc(C(C)(C)c2cnc(SCCOc3ccccc3)n2-c2ccc(F)cc2)cc1OC. The number of methoxy groups -OCH3 is 2. The summed E-state index contributed by atoms with van der Waals surface area (Å²) in [5.74, 6) is 2.61. The predicted octanol–water partition coefficient (Wildman–Crippen LogP) is 6.53. The fourth-order valence-electron chi connectivity index (χ4n) is 3.90. The standard InChI is InChI=1S/C28H29FN2O3S/c1-28(2,20-10-15-24(32-3)25(18-20)33-4)26-19-30-27(31(26)22-13-11-21(29)12-14-22)35-17-16-34-23-8-6-5-7-9-23/h5-15,18-19H,16-17H2,1-4H3. The fourth-order valence-corrected chi connectivity index (χ4v) is 4.71. The van der Waals surface area contributed by atoms with E-state index in [4.69, 9.17) is 19.2 Å². The van der Waals surface area contributed by atoms with Crippen molar-refractivity contribution in [3.05, 3.63) is 96.1 Å². The second kappa shape index (κ2) is 10.9. The van der Waals surface area contributed by atoms with Crippen molar-refractivity contribution in [2.75, 3.05) is 26.6 Å². The summed E-state index contributed by atoms with van der Waals surface area (Å²) in [7, 11) is 3.25. The van der Waals surface area contributed by atoms with E-state index in [1.807, 2.05) is 54.7 Å². The molecule has 0 atom stereocenters. The van der Waals surface area contributed by atoms with Gasteiger partial charge in [0, 0.05) is 16.9 Å². The molecule has 1 aromatic heterocycles. The highest BCUT2D eigenvalue weighted by Gasteiger charge is 2.30. The number of para-hydroxylation sites is 1. The van der Waals surface area contributed by atoms with Crippen LogP contribution in [0.4, 0.5) is 4.39 Å². The molecule has 0 saturated heterocycles. The maximum Gasteiger partial charge on any atom is 0.172 e. The number of hydrogen-bond acceptors (Lipinski definition) is 5. The van der Waals surface area contributed by atoms with E-state index < -0.39 is 5.41 Å². The van der Waals surface area contributed by atoms with Gasteiger partial charge in [0.05, 0.1) is 32.7 Å². The second-order valence-corrected chi connectivity index (χ2v) is 9.50. The van der Waals surface area contributed by atoms with Crippen LogP contribution in [0.1, 0.15) is 25.1 Å². The topological polar surface area (TPSA) is 45.5 Å². The summed E-state index contributed by atoms with van der Waals surface area (Å²) in [6.45, 7) is 4.82. The summed E-state index contributed by atoms with van der Waals surface area (Å²) in [6.07, 6.45) is 1.89. The lowest BCUT2D eigenvalue weighted by molar-refractivity contribution is 0.344. The number of thioether (sulfide) groups is 1. The van der Waals surface area contributed by atoms with Crippen molar-refractivity contribution in [1.29, 1.82) is 0 Å². The van der Waals surface area contributed by atoms with E-state index >= 15 is 0 Å². The molecule has 3 aromatic carbocycles. The number of benzene rings is 3. The lowest BCUT2D eigenvalue weighted by Crippen LogP contribution is -2.23. The van der Waals surface area contributed by atoms with Crippen molar-refractivity contribution in [3.8, 4) is 22.9 Å². The monoisotopic (exact) mass is 492 g/mol. The van der Waals surface area contributed by atoms with E-state index in [9.17, 15) is 4.39 Å². The molecule has 0 aliphatic rings. The number of ether oxygens (including phenoxy) is 3. The van der Waals surface area contributed by atoms with Crippen LogP contribution in [0, 0.1) is 5.82 Å². The molecular formula is C28H29FN2O3S. The van der Waals surface area contributed by atoms with Crippen LogP contribution in [0.2, 0.25) is 0 Å². The summed E-state index contributed by atoms with van der Waals surface area (Å²) in [5.41, 5.74) is 2.43. The van der Waals surface area contributed by atoms with E-state index in [-0.39, 0.29) is 5.82 Å². The molecule has 0 spiro atoms. The van der Waals surface area contributed by atoms with Crippen molar-refractivity contribution >= 4 is 11.8 Å². The normalized spacial score (nSPS) is 11.3. The average Bonchev–Trinajstić information content (AvgIpc) is 3.32. The largest absolute Gasteiger partial charge is 0.493 e. The third-order valence-corrected chi connectivity index (χ3v) is 6.80. The van der Waals surface area contributed by atoms with Gasteiger partial charge in [0.1, 0.15) is 11.6 Å². The Morgan fingerprint density at radius 2 is 1.63 bits per heavy atom. The van der Waals surface area contributed by atoms with Crippen LogP contribution in [0.5, 0.6) is 17.2 Å². The van der Waals surface area contributed by atoms with Crippen molar-refractivity contribution in [1.82, 2.24) is 9.55 Å². The summed E-state index contributed by atoms with van der Waals surface area (Å²) in [4.78, 5) is 4.75. The van der Waals surface area contributed by atoms with Crippen LogP contribution in [0.25, 0.3) is 5.69 Å². The summed E-state index contributed by atoms with van der Waals surface area (Å²) in [5, 5.41) is 0.817. The molecule has 5 nitrogen and oxygen atoms in total. The van der Waals surface area contributed by atoms with Crippen LogP contribution >= 0.6 is 11.8 Å². The van der Waals surface area contributed by atoms with E-state index in [0.29, 0.717) is 23.9 Å². The Morgan fingerprint density at radius 1 is 0.914 bits per heavy atom. The summed E-state index contributed by atoms with van der Waals surface area (Å²) >= 11 is 1.60. The Balaban J connectivity index is 1.66. The van der Waals surface area contributed by atoms with Crippen LogP contribution in [0.3, 0.4) is 0 Å². The van der Waals surface area contributed by atoms with Crippen molar-refractivity contribution in [2.24, 2.45) is 0 Å². The highest BCUT2D eigenvalue weighted by molar-refractivity contribution is 7.99. The lowest BCUT2D eigenvalue weighted by Gasteiger charge is -2.28. The molecule has 35 heavy (non-hydrogen) atoms. The number of aromatic nitrogens is 2. The van der Waals surface area contributed by atoms with Gasteiger partial charge in [-0.3, -0.25) is 4.57 Å². The zero-order chi connectivity index (χ0) is 24.8. The summed E-state index contributed by atoms with van der Waals surface area (Å²) < 4.78 is 32.6. The minimum atomic E-state index is -0.430. The van der Waals surface area contributed by atoms with Gasteiger partial charge in [-0.15, -0.1) is 0 Å². The third-order valence-electron chi connectivity index (χ3n) is 5.89. The Kier molecular flexibility index (Phi) is 7.66. The predicted molar refractivity (Wildman–Crippen MR) is 138 cm³/mol. The van der Waals surface area contributed by atoms with E-state index in [2.05, 4.69) is 18.4 Å². The van der Waals surface area contributed by atoms with Gasteiger partial charge >= 0.3 is 0 Å². The van der Waals surface area contributed by atoms with Crippen molar-refractivity contribution < 1.29 is 18.6 Å². The van der Waals surface area contributed by atoms with Gasteiger partial charge in [0.15, 0.2) is 16.7 Å². The Bertz CT molecular complexity index is 1260. The molecule has 0 aliphatic carbocycles. The number of imidazole rings is 1. The molecule has 0 radical (unpaired) electrons. The van der Waals surface area contributed by atoms with Gasteiger partial charge in [0.2, 0.25) is 0 Å². The Labute approximate surface area is 209 Å². The number of halogens is 1. The van der Waals surface area contributed by atoms with Crippen LogP contribution in [-0.2, 0) is 5.41 Å². The molecule has 0 aliphatic heterocycles. The molecule has 7 heteroatoms. The molecule has 0 saturated carbocycles. The van der Waals surface area contributed by atoms with Gasteiger partial charge < -0.3 is 14.2 Å². The first-order chi connectivity index (χ1) is 16.9. The first-order valence-corrected chi connectivity index (χ1v) is 12.3. The minimum Gasteiger partial charge on any atom is -0.493 e. The smallest absolute Gasteiger partial charge is 0.172 e. The summed E-state index contributed by atoms with van der Waals surface area (Å²) in [6, 6.07) is 22.1. The Morgan fingerprint density at radius 3 is 2.31 bits per heavy atom. The molecular weight excluding hydrogens is 463 g/mol. The lowest BCUT2D eigenvalue weighted by atomic mass is 9.81. The Hall–Kier alpha value is -3.45. The second-order valence-electron chi connectivity index (χ2n) is 8.44. The van der Waals surface area contributed by atoms with Gasteiger partial charge in [-0.05, 0) is 54.1 Å². The van der Waals surface area contributed by atoms with E-state index in [1.165, 1.54) is 12.1 Å². The van der Waals surface area contributed by atoms with Gasteiger partial charge in [-0.25, -0.2) is 9.37 Å². The zero-order valence-corrected chi connectivity index (χ0v) is 21.1. The van der Waals surface area contributed by atoms with Crippen LogP contribution in [0.15, 0.2) is 84.1 Å². The molecule has 0 unspecified atom stereocenters.